The molecule has 0 aliphatic carbocycles. The van der Waals surface area contributed by atoms with Gasteiger partial charge in [-0.05, 0) is 36.2 Å². The number of ether oxygens (including phenoxy) is 1. The van der Waals surface area contributed by atoms with Crippen LogP contribution in [0.4, 0.5) is 5.82 Å². The molecule has 2 amide bonds. The Bertz CT molecular complexity index is 788. The summed E-state index contributed by atoms with van der Waals surface area (Å²) >= 11 is 0. The summed E-state index contributed by atoms with van der Waals surface area (Å²) < 4.78 is 5.21. The van der Waals surface area contributed by atoms with Crippen molar-refractivity contribution in [2.45, 2.75) is 6.42 Å². The molecule has 0 spiro atoms. The minimum Gasteiger partial charge on any atom is -0.497 e. The van der Waals surface area contributed by atoms with Gasteiger partial charge in [0, 0.05) is 44.5 Å². The first kappa shape index (κ1) is 18.7. The zero-order chi connectivity index (χ0) is 19.1. The van der Waals surface area contributed by atoms with E-state index in [1.165, 1.54) is 0 Å². The van der Waals surface area contributed by atoms with Crippen LogP contribution in [0.3, 0.4) is 0 Å². The molecule has 1 aliphatic rings. The number of hydrogen-bond acceptors (Lipinski definition) is 5. The Labute approximate surface area is 158 Å². The lowest BCUT2D eigenvalue weighted by Crippen LogP contribution is -2.46. The van der Waals surface area contributed by atoms with Crippen molar-refractivity contribution in [3.8, 4) is 5.75 Å². The van der Waals surface area contributed by atoms with Crippen LogP contribution in [-0.4, -0.2) is 62.0 Å². The van der Waals surface area contributed by atoms with Crippen molar-refractivity contribution in [1.82, 2.24) is 15.2 Å². The van der Waals surface area contributed by atoms with E-state index >= 15 is 0 Å². The summed E-state index contributed by atoms with van der Waals surface area (Å²) in [4.78, 5) is 31.5. The van der Waals surface area contributed by atoms with E-state index in [2.05, 4.69) is 15.2 Å². The second kappa shape index (κ2) is 9.02. The molecule has 1 aromatic carbocycles. The molecule has 7 heteroatoms. The van der Waals surface area contributed by atoms with E-state index in [0.717, 1.165) is 30.0 Å². The van der Waals surface area contributed by atoms with E-state index in [9.17, 15) is 9.59 Å². The standard InChI is InChI=1S/C20H24N4O3/c1-27-18-4-2-3-16(13-18)5-7-22-20(26)17-6-8-21-19(14-17)24-11-9-23(15-25)10-12-24/h2-4,6,8,13-15H,5,7,9-12H2,1H3,(H,22,26). The fourth-order valence-corrected chi connectivity index (χ4v) is 3.04. The van der Waals surface area contributed by atoms with Crippen LogP contribution in [0.5, 0.6) is 5.75 Å². The Morgan fingerprint density at radius 3 is 2.78 bits per heavy atom. The van der Waals surface area contributed by atoms with E-state index in [0.29, 0.717) is 38.3 Å². The number of anilines is 1. The van der Waals surface area contributed by atoms with Gasteiger partial charge in [-0.3, -0.25) is 9.59 Å². The average molecular weight is 368 g/mol. The molecular weight excluding hydrogens is 344 g/mol. The monoisotopic (exact) mass is 368 g/mol. The SMILES string of the molecule is COc1cccc(CCNC(=O)c2ccnc(N3CCN(C=O)CC3)c2)c1. The van der Waals surface area contributed by atoms with Gasteiger partial charge in [0.1, 0.15) is 11.6 Å². The number of nitrogens with zero attached hydrogens (tertiary/aromatic N) is 3. The molecule has 2 aromatic rings. The summed E-state index contributed by atoms with van der Waals surface area (Å²) in [7, 11) is 1.64. The third-order valence-corrected chi connectivity index (χ3v) is 4.63. The quantitative estimate of drug-likeness (QED) is 0.747. The summed E-state index contributed by atoms with van der Waals surface area (Å²) in [5.41, 5.74) is 1.70. The molecule has 0 radical (unpaired) electrons. The number of aromatic nitrogens is 1. The summed E-state index contributed by atoms with van der Waals surface area (Å²) in [6.07, 6.45) is 3.25. The Morgan fingerprint density at radius 2 is 2.04 bits per heavy atom. The number of piperazine rings is 1. The number of nitrogens with one attached hydrogen (secondary N) is 1. The maximum Gasteiger partial charge on any atom is 0.251 e. The molecule has 0 atom stereocenters. The first-order valence-corrected chi connectivity index (χ1v) is 9.01. The molecule has 0 bridgehead atoms. The summed E-state index contributed by atoms with van der Waals surface area (Å²) in [5.74, 6) is 1.46. The smallest absolute Gasteiger partial charge is 0.251 e. The highest BCUT2D eigenvalue weighted by Crippen LogP contribution is 2.15. The lowest BCUT2D eigenvalue weighted by molar-refractivity contribution is -0.118. The highest BCUT2D eigenvalue weighted by Gasteiger charge is 2.17. The van der Waals surface area contributed by atoms with Crippen molar-refractivity contribution in [2.24, 2.45) is 0 Å². The number of methoxy groups -OCH3 is 1. The highest BCUT2D eigenvalue weighted by atomic mass is 16.5. The minimum atomic E-state index is -0.118. The minimum absolute atomic E-state index is 0.118. The van der Waals surface area contributed by atoms with Crippen LogP contribution in [0.15, 0.2) is 42.6 Å². The van der Waals surface area contributed by atoms with Crippen LogP contribution in [0.25, 0.3) is 0 Å². The molecule has 0 saturated carbocycles. The van der Waals surface area contributed by atoms with Crippen LogP contribution in [0.1, 0.15) is 15.9 Å². The van der Waals surface area contributed by atoms with Crippen molar-refractivity contribution in [2.75, 3.05) is 44.7 Å². The predicted molar refractivity (Wildman–Crippen MR) is 103 cm³/mol. The van der Waals surface area contributed by atoms with Crippen molar-refractivity contribution in [1.29, 1.82) is 0 Å². The lowest BCUT2D eigenvalue weighted by Gasteiger charge is -2.33. The van der Waals surface area contributed by atoms with Gasteiger partial charge in [0.2, 0.25) is 6.41 Å². The molecule has 0 unspecified atom stereocenters. The molecule has 1 N–H and O–H groups in total. The van der Waals surface area contributed by atoms with Gasteiger partial charge in [0.25, 0.3) is 5.91 Å². The molecule has 27 heavy (non-hydrogen) atoms. The number of carbonyl (C=O) groups excluding carboxylic acids is 2. The zero-order valence-electron chi connectivity index (χ0n) is 15.4. The summed E-state index contributed by atoms with van der Waals surface area (Å²) in [5, 5.41) is 2.95. The maximum atomic E-state index is 12.5. The first-order valence-electron chi connectivity index (χ1n) is 9.01. The van der Waals surface area contributed by atoms with Crippen LogP contribution >= 0.6 is 0 Å². The van der Waals surface area contributed by atoms with Gasteiger partial charge in [-0.25, -0.2) is 4.98 Å². The maximum absolute atomic E-state index is 12.5. The van der Waals surface area contributed by atoms with Crippen molar-refractivity contribution < 1.29 is 14.3 Å². The second-order valence-electron chi connectivity index (χ2n) is 6.39. The number of pyridine rings is 1. The molecule has 1 saturated heterocycles. The summed E-state index contributed by atoms with van der Waals surface area (Å²) in [6, 6.07) is 11.3. The highest BCUT2D eigenvalue weighted by molar-refractivity contribution is 5.94. The number of rotatable bonds is 7. The van der Waals surface area contributed by atoms with Crippen LogP contribution < -0.4 is 15.0 Å². The van der Waals surface area contributed by atoms with Gasteiger partial charge < -0.3 is 19.9 Å². The van der Waals surface area contributed by atoms with Gasteiger partial charge in [-0.1, -0.05) is 12.1 Å². The zero-order valence-corrected chi connectivity index (χ0v) is 15.4. The van der Waals surface area contributed by atoms with E-state index in [4.69, 9.17) is 4.74 Å². The topological polar surface area (TPSA) is 74.8 Å². The second-order valence-corrected chi connectivity index (χ2v) is 6.39. The molecule has 1 fully saturated rings. The van der Waals surface area contributed by atoms with E-state index in [1.807, 2.05) is 24.3 Å². The summed E-state index contributed by atoms with van der Waals surface area (Å²) in [6.45, 7) is 3.31. The Balaban J connectivity index is 1.54. The predicted octanol–water partition coefficient (Wildman–Crippen LogP) is 1.34. The lowest BCUT2D eigenvalue weighted by atomic mass is 10.1. The molecule has 7 nitrogen and oxygen atoms in total. The molecule has 142 valence electrons. The fraction of sp³-hybridized carbons (Fsp3) is 0.350. The number of amides is 2. The van der Waals surface area contributed by atoms with Crippen molar-refractivity contribution >= 4 is 18.1 Å². The third-order valence-electron chi connectivity index (χ3n) is 4.63. The van der Waals surface area contributed by atoms with Crippen molar-refractivity contribution in [3.63, 3.8) is 0 Å². The first-order chi connectivity index (χ1) is 13.2. The van der Waals surface area contributed by atoms with Gasteiger partial charge >= 0.3 is 0 Å². The Morgan fingerprint density at radius 1 is 1.22 bits per heavy atom. The molecule has 3 rings (SSSR count). The number of benzene rings is 1. The normalized spacial score (nSPS) is 14.0. The molecular formula is C20H24N4O3. The molecule has 1 aromatic heterocycles. The van der Waals surface area contributed by atoms with E-state index in [1.54, 1.807) is 30.3 Å². The third kappa shape index (κ3) is 4.97. The van der Waals surface area contributed by atoms with Gasteiger partial charge in [-0.2, -0.15) is 0 Å². The largest absolute Gasteiger partial charge is 0.497 e. The molecule has 2 heterocycles. The fourth-order valence-electron chi connectivity index (χ4n) is 3.04. The van der Waals surface area contributed by atoms with Crippen LogP contribution in [-0.2, 0) is 11.2 Å². The number of carbonyl (C=O) groups is 2. The Kier molecular flexibility index (Phi) is 6.25. The van der Waals surface area contributed by atoms with Gasteiger partial charge in [0.15, 0.2) is 0 Å². The van der Waals surface area contributed by atoms with E-state index < -0.39 is 0 Å². The number of hydrogen-bond donors (Lipinski definition) is 1. The van der Waals surface area contributed by atoms with Crippen molar-refractivity contribution in [3.05, 3.63) is 53.7 Å². The average Bonchev–Trinajstić information content (AvgIpc) is 2.74. The van der Waals surface area contributed by atoms with Gasteiger partial charge in [-0.15, -0.1) is 0 Å². The Hall–Kier alpha value is -3.09. The van der Waals surface area contributed by atoms with E-state index in [-0.39, 0.29) is 5.91 Å². The molecule has 1 aliphatic heterocycles. The van der Waals surface area contributed by atoms with Gasteiger partial charge in [0.05, 0.1) is 7.11 Å². The van der Waals surface area contributed by atoms with Crippen LogP contribution in [0, 0.1) is 0 Å². The van der Waals surface area contributed by atoms with Crippen LogP contribution in [0.2, 0.25) is 0 Å².